The lowest BCUT2D eigenvalue weighted by Crippen LogP contribution is -2.24. The number of ether oxygens (including phenoxy) is 2. The molecule has 0 radical (unpaired) electrons. The Morgan fingerprint density at radius 1 is 1.32 bits per heavy atom. The molecular weight excluding hydrogens is 244 g/mol. The zero-order chi connectivity index (χ0) is 13.7. The van der Waals surface area contributed by atoms with Crippen molar-refractivity contribution in [2.45, 2.75) is 45.3 Å². The SMILES string of the molecule is COCc1nc(NN)cc(OC2CCC(C)CC2)n1. The Kier molecular flexibility index (Phi) is 4.93. The van der Waals surface area contributed by atoms with Crippen LogP contribution in [0.1, 0.15) is 38.4 Å². The molecular formula is C13H22N4O2. The van der Waals surface area contributed by atoms with E-state index >= 15 is 0 Å². The van der Waals surface area contributed by atoms with Gasteiger partial charge in [-0.2, -0.15) is 4.98 Å². The van der Waals surface area contributed by atoms with Crippen molar-refractivity contribution in [3.8, 4) is 5.88 Å². The Bertz CT molecular complexity index is 406. The largest absolute Gasteiger partial charge is 0.474 e. The fraction of sp³-hybridized carbons (Fsp3) is 0.692. The predicted molar refractivity (Wildman–Crippen MR) is 72.6 cm³/mol. The Morgan fingerprint density at radius 2 is 2.05 bits per heavy atom. The molecule has 0 bridgehead atoms. The molecule has 0 spiro atoms. The van der Waals surface area contributed by atoms with E-state index < -0.39 is 0 Å². The quantitative estimate of drug-likeness (QED) is 0.625. The number of hydrogen-bond donors (Lipinski definition) is 2. The lowest BCUT2D eigenvalue weighted by molar-refractivity contribution is 0.127. The van der Waals surface area contributed by atoms with Gasteiger partial charge >= 0.3 is 0 Å². The normalized spacial score (nSPS) is 23.1. The van der Waals surface area contributed by atoms with Crippen molar-refractivity contribution in [3.05, 3.63) is 11.9 Å². The van der Waals surface area contributed by atoms with Gasteiger partial charge < -0.3 is 14.9 Å². The fourth-order valence-corrected chi connectivity index (χ4v) is 2.32. The van der Waals surface area contributed by atoms with Gasteiger partial charge in [0.25, 0.3) is 0 Å². The van der Waals surface area contributed by atoms with E-state index in [9.17, 15) is 0 Å². The predicted octanol–water partition coefficient (Wildman–Crippen LogP) is 1.87. The second-order valence-corrected chi connectivity index (χ2v) is 5.08. The number of nitrogen functional groups attached to an aromatic ring is 1. The Morgan fingerprint density at radius 3 is 2.68 bits per heavy atom. The number of aromatic nitrogens is 2. The maximum Gasteiger partial charge on any atom is 0.219 e. The third kappa shape index (κ3) is 4.04. The van der Waals surface area contributed by atoms with Crippen molar-refractivity contribution < 1.29 is 9.47 Å². The summed E-state index contributed by atoms with van der Waals surface area (Å²) in [6, 6.07) is 1.72. The highest BCUT2D eigenvalue weighted by molar-refractivity contribution is 5.37. The van der Waals surface area contributed by atoms with E-state index in [1.54, 1.807) is 13.2 Å². The second-order valence-electron chi connectivity index (χ2n) is 5.08. The van der Waals surface area contributed by atoms with Crippen LogP contribution in [-0.4, -0.2) is 23.2 Å². The number of nitrogens with two attached hydrogens (primary N) is 1. The molecule has 3 N–H and O–H groups in total. The maximum absolute atomic E-state index is 5.93. The molecule has 1 aliphatic rings. The minimum absolute atomic E-state index is 0.243. The zero-order valence-electron chi connectivity index (χ0n) is 11.6. The van der Waals surface area contributed by atoms with Crippen molar-refractivity contribution in [1.82, 2.24) is 9.97 Å². The highest BCUT2D eigenvalue weighted by Crippen LogP contribution is 2.27. The van der Waals surface area contributed by atoms with Crippen LogP contribution < -0.4 is 16.0 Å². The van der Waals surface area contributed by atoms with Gasteiger partial charge in [-0.05, 0) is 31.6 Å². The van der Waals surface area contributed by atoms with E-state index in [1.165, 1.54) is 12.8 Å². The monoisotopic (exact) mass is 266 g/mol. The van der Waals surface area contributed by atoms with E-state index in [-0.39, 0.29) is 6.10 Å². The summed E-state index contributed by atoms with van der Waals surface area (Å²) >= 11 is 0. The summed E-state index contributed by atoms with van der Waals surface area (Å²) in [5, 5.41) is 0. The van der Waals surface area contributed by atoms with Crippen molar-refractivity contribution >= 4 is 5.82 Å². The third-order valence-electron chi connectivity index (χ3n) is 3.42. The molecule has 1 fully saturated rings. The summed E-state index contributed by atoms with van der Waals surface area (Å²) in [6.45, 7) is 2.63. The lowest BCUT2D eigenvalue weighted by atomic mass is 9.89. The molecule has 0 amide bonds. The average molecular weight is 266 g/mol. The number of hydrazine groups is 1. The van der Waals surface area contributed by atoms with Gasteiger partial charge in [-0.1, -0.05) is 6.92 Å². The zero-order valence-corrected chi connectivity index (χ0v) is 11.6. The van der Waals surface area contributed by atoms with Gasteiger partial charge in [-0.3, -0.25) is 0 Å². The minimum atomic E-state index is 0.243. The smallest absolute Gasteiger partial charge is 0.219 e. The standard InChI is InChI=1S/C13H22N4O2/c1-9-3-5-10(6-4-9)19-13-7-11(17-14)15-12(16-13)8-18-2/h7,9-10H,3-6,8,14H2,1-2H3,(H,15,16,17). The molecule has 0 aromatic carbocycles. The summed E-state index contributed by atoms with van der Waals surface area (Å²) in [5.41, 5.74) is 2.52. The number of hydrogen-bond acceptors (Lipinski definition) is 6. The molecule has 1 heterocycles. The van der Waals surface area contributed by atoms with Crippen LogP contribution >= 0.6 is 0 Å². The average Bonchev–Trinajstić information content (AvgIpc) is 2.41. The topological polar surface area (TPSA) is 82.3 Å². The van der Waals surface area contributed by atoms with Gasteiger partial charge in [0.05, 0.1) is 0 Å². The second kappa shape index (κ2) is 6.68. The highest BCUT2D eigenvalue weighted by atomic mass is 16.5. The van der Waals surface area contributed by atoms with Gasteiger partial charge in [0.2, 0.25) is 5.88 Å². The van der Waals surface area contributed by atoms with Gasteiger partial charge in [-0.15, -0.1) is 0 Å². The summed E-state index contributed by atoms with van der Waals surface area (Å²) < 4.78 is 11.0. The minimum Gasteiger partial charge on any atom is -0.474 e. The van der Waals surface area contributed by atoms with Crippen LogP contribution in [0.4, 0.5) is 5.82 Å². The molecule has 1 saturated carbocycles. The van der Waals surface area contributed by atoms with Crippen LogP contribution in [0, 0.1) is 5.92 Å². The first kappa shape index (κ1) is 14.0. The Labute approximate surface area is 113 Å². The molecule has 1 aromatic heterocycles. The molecule has 6 heteroatoms. The molecule has 106 valence electrons. The van der Waals surface area contributed by atoms with Crippen molar-refractivity contribution in [2.75, 3.05) is 12.5 Å². The first-order chi connectivity index (χ1) is 9.21. The molecule has 1 aliphatic carbocycles. The van der Waals surface area contributed by atoms with E-state index in [1.807, 2.05) is 0 Å². The van der Waals surface area contributed by atoms with Crippen LogP contribution in [0.25, 0.3) is 0 Å². The van der Waals surface area contributed by atoms with Gasteiger partial charge in [-0.25, -0.2) is 10.8 Å². The molecule has 0 atom stereocenters. The van der Waals surface area contributed by atoms with Crippen molar-refractivity contribution in [1.29, 1.82) is 0 Å². The molecule has 6 nitrogen and oxygen atoms in total. The summed E-state index contributed by atoms with van der Waals surface area (Å²) in [4.78, 5) is 8.52. The third-order valence-corrected chi connectivity index (χ3v) is 3.42. The van der Waals surface area contributed by atoms with E-state index in [0.29, 0.717) is 24.1 Å². The maximum atomic E-state index is 5.93. The molecule has 0 saturated heterocycles. The van der Waals surface area contributed by atoms with Crippen LogP contribution in [0.5, 0.6) is 5.88 Å². The summed E-state index contributed by atoms with van der Waals surface area (Å²) in [6.07, 6.45) is 4.82. The lowest BCUT2D eigenvalue weighted by Gasteiger charge is -2.26. The van der Waals surface area contributed by atoms with E-state index in [4.69, 9.17) is 15.3 Å². The van der Waals surface area contributed by atoms with Crippen LogP contribution in [0.3, 0.4) is 0 Å². The molecule has 19 heavy (non-hydrogen) atoms. The summed E-state index contributed by atoms with van der Waals surface area (Å²) in [5.74, 6) is 7.87. The molecule has 0 aliphatic heterocycles. The first-order valence-electron chi connectivity index (χ1n) is 6.71. The molecule has 1 aromatic rings. The molecule has 0 unspecified atom stereocenters. The van der Waals surface area contributed by atoms with E-state index in [2.05, 4.69) is 22.3 Å². The van der Waals surface area contributed by atoms with Crippen LogP contribution in [0.2, 0.25) is 0 Å². The van der Waals surface area contributed by atoms with Crippen LogP contribution in [-0.2, 0) is 11.3 Å². The first-order valence-corrected chi connectivity index (χ1v) is 6.71. The van der Waals surface area contributed by atoms with Gasteiger partial charge in [0.15, 0.2) is 5.82 Å². The van der Waals surface area contributed by atoms with Crippen LogP contribution in [0.15, 0.2) is 6.07 Å². The van der Waals surface area contributed by atoms with Gasteiger partial charge in [0, 0.05) is 13.2 Å². The Balaban J connectivity index is 2.04. The molecule has 2 rings (SSSR count). The number of methoxy groups -OCH3 is 1. The Hall–Kier alpha value is -1.40. The number of nitrogens with zero attached hydrogens (tertiary/aromatic N) is 2. The van der Waals surface area contributed by atoms with Gasteiger partial charge in [0.1, 0.15) is 18.5 Å². The number of nitrogens with one attached hydrogen (secondary N) is 1. The summed E-state index contributed by atoms with van der Waals surface area (Å²) in [7, 11) is 1.61. The van der Waals surface area contributed by atoms with E-state index in [0.717, 1.165) is 18.8 Å². The highest BCUT2D eigenvalue weighted by Gasteiger charge is 2.20. The number of rotatable bonds is 5. The van der Waals surface area contributed by atoms with Crippen molar-refractivity contribution in [3.63, 3.8) is 0 Å². The fourth-order valence-electron chi connectivity index (χ4n) is 2.32. The number of anilines is 1. The van der Waals surface area contributed by atoms with Crippen molar-refractivity contribution in [2.24, 2.45) is 11.8 Å².